The van der Waals surface area contributed by atoms with Crippen molar-refractivity contribution >= 4 is 39.6 Å². The summed E-state index contributed by atoms with van der Waals surface area (Å²) in [5, 5.41) is 11.6. The molecule has 0 bridgehead atoms. The number of carboxylic acids is 1. The molecule has 18 heavy (non-hydrogen) atoms. The number of carbonyl (C=O) groups excluding carboxylic acids is 1. The zero-order chi connectivity index (χ0) is 13.5. The average molecular weight is 334 g/mol. The molecule has 0 aliphatic heterocycles. The van der Waals surface area contributed by atoms with Gasteiger partial charge in [0.15, 0.2) is 5.16 Å². The summed E-state index contributed by atoms with van der Waals surface area (Å²) in [5.74, 6) is -1.22. The summed E-state index contributed by atoms with van der Waals surface area (Å²) in [6, 6.07) is 0. The van der Waals surface area contributed by atoms with Crippen molar-refractivity contribution in [1.82, 2.24) is 15.3 Å². The highest BCUT2D eigenvalue weighted by Gasteiger charge is 2.13. The molecule has 0 radical (unpaired) electrons. The van der Waals surface area contributed by atoms with Crippen LogP contribution in [0.5, 0.6) is 0 Å². The lowest BCUT2D eigenvalue weighted by Gasteiger charge is -2.06. The first kappa shape index (κ1) is 14.9. The van der Waals surface area contributed by atoms with Gasteiger partial charge in [-0.2, -0.15) is 0 Å². The topological polar surface area (TPSA) is 92.2 Å². The minimum Gasteiger partial charge on any atom is -0.481 e. The fourth-order valence-corrected chi connectivity index (χ4v) is 1.85. The van der Waals surface area contributed by atoms with Gasteiger partial charge in [0, 0.05) is 19.2 Å². The first-order valence-corrected chi connectivity index (χ1v) is 7.13. The van der Waals surface area contributed by atoms with Crippen molar-refractivity contribution in [1.29, 1.82) is 0 Å². The number of aromatic nitrogens is 2. The van der Waals surface area contributed by atoms with Gasteiger partial charge in [0.05, 0.1) is 4.47 Å². The van der Waals surface area contributed by atoms with Crippen molar-refractivity contribution in [3.05, 3.63) is 16.4 Å². The van der Waals surface area contributed by atoms with E-state index in [0.717, 1.165) is 0 Å². The minimum absolute atomic E-state index is 0.0291. The van der Waals surface area contributed by atoms with Crippen LogP contribution < -0.4 is 5.32 Å². The fraction of sp³-hybridized carbons (Fsp3) is 0.400. The number of rotatable bonds is 6. The lowest BCUT2D eigenvalue weighted by Crippen LogP contribution is -2.26. The van der Waals surface area contributed by atoms with Crippen molar-refractivity contribution in [2.45, 2.75) is 18.0 Å². The highest BCUT2D eigenvalue weighted by Crippen LogP contribution is 2.16. The lowest BCUT2D eigenvalue weighted by molar-refractivity contribution is -0.137. The van der Waals surface area contributed by atoms with Crippen molar-refractivity contribution < 1.29 is 14.7 Å². The molecule has 0 unspecified atom stereocenters. The molecule has 98 valence electrons. The summed E-state index contributed by atoms with van der Waals surface area (Å²) < 4.78 is 0.510. The SMILES string of the molecule is CSc1ncc(Br)c(C(=O)NCCCC(=O)O)n1. The molecule has 0 aromatic carbocycles. The van der Waals surface area contributed by atoms with Gasteiger partial charge in [-0.05, 0) is 28.6 Å². The number of carboxylic acid groups (broad SMARTS) is 1. The standard InChI is InChI=1S/C10H12BrN3O3S/c1-18-10-13-5-6(11)8(14-10)9(17)12-4-2-3-7(15)16/h5H,2-4H2,1H3,(H,12,17)(H,15,16). The first-order valence-electron chi connectivity index (χ1n) is 5.11. The molecule has 0 atom stereocenters. The van der Waals surface area contributed by atoms with E-state index >= 15 is 0 Å². The highest BCUT2D eigenvalue weighted by molar-refractivity contribution is 9.10. The number of hydrogen-bond acceptors (Lipinski definition) is 5. The maximum Gasteiger partial charge on any atom is 0.303 e. The summed E-state index contributed by atoms with van der Waals surface area (Å²) >= 11 is 4.54. The molecule has 0 aliphatic carbocycles. The molecule has 1 aromatic rings. The smallest absolute Gasteiger partial charge is 0.303 e. The van der Waals surface area contributed by atoms with E-state index in [-0.39, 0.29) is 18.0 Å². The fourth-order valence-electron chi connectivity index (χ4n) is 1.13. The third-order valence-corrected chi connectivity index (χ3v) is 3.11. The van der Waals surface area contributed by atoms with Crippen LogP contribution in [0.1, 0.15) is 23.3 Å². The number of aliphatic carboxylic acids is 1. The Morgan fingerprint density at radius 2 is 2.28 bits per heavy atom. The first-order chi connectivity index (χ1) is 8.54. The Morgan fingerprint density at radius 1 is 1.56 bits per heavy atom. The van der Waals surface area contributed by atoms with Gasteiger partial charge in [0.1, 0.15) is 5.69 Å². The molecule has 2 N–H and O–H groups in total. The second-order valence-electron chi connectivity index (χ2n) is 3.31. The van der Waals surface area contributed by atoms with Gasteiger partial charge in [-0.3, -0.25) is 9.59 Å². The lowest BCUT2D eigenvalue weighted by atomic mass is 10.3. The number of amides is 1. The van der Waals surface area contributed by atoms with Crippen LogP contribution in [0.2, 0.25) is 0 Å². The van der Waals surface area contributed by atoms with Crippen LogP contribution in [-0.4, -0.2) is 39.8 Å². The quantitative estimate of drug-likeness (QED) is 0.466. The van der Waals surface area contributed by atoms with Crippen molar-refractivity contribution in [2.24, 2.45) is 0 Å². The van der Waals surface area contributed by atoms with E-state index in [1.165, 1.54) is 18.0 Å². The van der Waals surface area contributed by atoms with Gasteiger partial charge in [-0.15, -0.1) is 0 Å². The maximum atomic E-state index is 11.8. The molecule has 0 aliphatic rings. The Hall–Kier alpha value is -1.15. The average Bonchev–Trinajstić information content (AvgIpc) is 2.34. The molecular formula is C10H12BrN3O3S. The minimum atomic E-state index is -0.878. The number of nitrogens with one attached hydrogen (secondary N) is 1. The van der Waals surface area contributed by atoms with Crippen LogP contribution in [0.4, 0.5) is 0 Å². The summed E-state index contributed by atoms with van der Waals surface area (Å²) in [6.45, 7) is 0.302. The maximum absolute atomic E-state index is 11.8. The van der Waals surface area contributed by atoms with Gasteiger partial charge >= 0.3 is 5.97 Å². The molecule has 1 heterocycles. The molecular weight excluding hydrogens is 322 g/mol. The van der Waals surface area contributed by atoms with Crippen molar-refractivity contribution in [3.63, 3.8) is 0 Å². The van der Waals surface area contributed by atoms with E-state index in [9.17, 15) is 9.59 Å². The van der Waals surface area contributed by atoms with Gasteiger partial charge in [0.2, 0.25) is 0 Å². The number of hydrogen-bond donors (Lipinski definition) is 2. The second kappa shape index (κ2) is 7.32. The molecule has 6 nitrogen and oxygen atoms in total. The van der Waals surface area contributed by atoms with Crippen molar-refractivity contribution in [2.75, 3.05) is 12.8 Å². The van der Waals surface area contributed by atoms with Crippen molar-refractivity contribution in [3.8, 4) is 0 Å². The number of carbonyl (C=O) groups is 2. The van der Waals surface area contributed by atoms with Crippen LogP contribution in [0.25, 0.3) is 0 Å². The Kier molecular flexibility index (Phi) is 6.06. The van der Waals surface area contributed by atoms with Gasteiger partial charge < -0.3 is 10.4 Å². The molecule has 1 amide bonds. The third kappa shape index (κ3) is 4.61. The van der Waals surface area contributed by atoms with E-state index in [0.29, 0.717) is 22.6 Å². The predicted octanol–water partition coefficient (Wildman–Crippen LogP) is 1.56. The Morgan fingerprint density at radius 3 is 2.89 bits per heavy atom. The summed E-state index contributed by atoms with van der Waals surface area (Å²) in [5.41, 5.74) is 0.254. The van der Waals surface area contributed by atoms with Gasteiger partial charge in [0.25, 0.3) is 5.91 Å². The zero-order valence-corrected chi connectivity index (χ0v) is 12.0. The molecule has 8 heteroatoms. The number of halogens is 1. The van der Waals surface area contributed by atoms with E-state index in [1.807, 2.05) is 6.26 Å². The normalized spacial score (nSPS) is 10.1. The van der Waals surface area contributed by atoms with Gasteiger partial charge in [-0.1, -0.05) is 11.8 Å². The largest absolute Gasteiger partial charge is 0.481 e. The van der Waals surface area contributed by atoms with Crippen LogP contribution in [0.15, 0.2) is 15.8 Å². The van der Waals surface area contributed by atoms with Crippen LogP contribution in [-0.2, 0) is 4.79 Å². The number of thioether (sulfide) groups is 1. The van der Waals surface area contributed by atoms with Crippen LogP contribution in [0.3, 0.4) is 0 Å². The van der Waals surface area contributed by atoms with E-state index in [4.69, 9.17) is 5.11 Å². The number of nitrogens with zero attached hydrogens (tertiary/aromatic N) is 2. The molecule has 0 saturated carbocycles. The molecule has 0 fully saturated rings. The zero-order valence-electron chi connectivity index (χ0n) is 9.64. The molecule has 0 spiro atoms. The molecule has 1 aromatic heterocycles. The van der Waals surface area contributed by atoms with E-state index in [2.05, 4.69) is 31.2 Å². The Labute approximate surface area is 117 Å². The monoisotopic (exact) mass is 333 g/mol. The van der Waals surface area contributed by atoms with Crippen LogP contribution >= 0.6 is 27.7 Å². The van der Waals surface area contributed by atoms with E-state index in [1.54, 1.807) is 0 Å². The summed E-state index contributed by atoms with van der Waals surface area (Å²) in [4.78, 5) is 30.2. The van der Waals surface area contributed by atoms with Crippen LogP contribution in [0, 0.1) is 0 Å². The Balaban J connectivity index is 2.58. The van der Waals surface area contributed by atoms with E-state index < -0.39 is 5.97 Å². The molecule has 0 saturated heterocycles. The second-order valence-corrected chi connectivity index (χ2v) is 4.93. The highest BCUT2D eigenvalue weighted by atomic mass is 79.9. The Bertz CT molecular complexity index is 456. The third-order valence-electron chi connectivity index (χ3n) is 1.97. The van der Waals surface area contributed by atoms with Gasteiger partial charge in [-0.25, -0.2) is 9.97 Å². The predicted molar refractivity (Wildman–Crippen MR) is 70.7 cm³/mol. The summed E-state index contributed by atoms with van der Waals surface area (Å²) in [7, 11) is 0. The summed E-state index contributed by atoms with van der Waals surface area (Å²) in [6.07, 6.45) is 3.75. The molecule has 1 rings (SSSR count).